The molecular formula is C16H25N3O4S. The van der Waals surface area contributed by atoms with Crippen molar-refractivity contribution in [2.24, 2.45) is 0 Å². The highest BCUT2D eigenvalue weighted by molar-refractivity contribution is 7.89. The Balaban J connectivity index is 2.49. The van der Waals surface area contributed by atoms with Crippen molar-refractivity contribution >= 4 is 21.4 Å². The minimum absolute atomic E-state index is 0.0219. The minimum atomic E-state index is -3.71. The highest BCUT2D eigenvalue weighted by Gasteiger charge is 2.29. The van der Waals surface area contributed by atoms with E-state index < -0.39 is 14.9 Å². The Morgan fingerprint density at radius 3 is 2.50 bits per heavy atom. The number of nitro benzene ring substituents is 1. The molecule has 0 unspecified atom stereocenters. The molecule has 8 heteroatoms. The van der Waals surface area contributed by atoms with Crippen molar-refractivity contribution in [3.05, 3.63) is 28.3 Å². The van der Waals surface area contributed by atoms with Gasteiger partial charge in [-0.05, 0) is 38.3 Å². The molecule has 0 aliphatic carbocycles. The summed E-state index contributed by atoms with van der Waals surface area (Å²) in [6, 6.07) is 4.47. The molecule has 1 aromatic carbocycles. The first kappa shape index (κ1) is 18.7. The Bertz CT molecular complexity index is 701. The Hall–Kier alpha value is -1.67. The van der Waals surface area contributed by atoms with E-state index in [9.17, 15) is 18.5 Å². The van der Waals surface area contributed by atoms with Crippen LogP contribution in [-0.2, 0) is 10.0 Å². The van der Waals surface area contributed by atoms with Crippen molar-refractivity contribution in [1.82, 2.24) is 4.31 Å². The lowest BCUT2D eigenvalue weighted by atomic mass is 10.0. The molecular weight excluding hydrogens is 330 g/mol. The zero-order valence-electron chi connectivity index (χ0n) is 14.4. The normalized spacial score (nSPS) is 18.8. The second kappa shape index (κ2) is 7.48. The molecule has 1 aliphatic rings. The van der Waals surface area contributed by atoms with Crippen molar-refractivity contribution in [1.29, 1.82) is 0 Å². The van der Waals surface area contributed by atoms with E-state index in [1.54, 1.807) is 19.9 Å². The first-order valence-corrected chi connectivity index (χ1v) is 9.82. The molecule has 1 atom stereocenters. The fraction of sp³-hybridized carbons (Fsp3) is 0.625. The number of anilines is 1. The zero-order chi connectivity index (χ0) is 17.9. The Morgan fingerprint density at radius 1 is 1.29 bits per heavy atom. The highest BCUT2D eigenvalue weighted by Crippen LogP contribution is 2.35. The molecule has 1 aromatic rings. The van der Waals surface area contributed by atoms with Crippen LogP contribution in [0.4, 0.5) is 11.4 Å². The van der Waals surface area contributed by atoms with Crippen LogP contribution in [0, 0.1) is 10.1 Å². The van der Waals surface area contributed by atoms with E-state index in [0.717, 1.165) is 25.8 Å². The van der Waals surface area contributed by atoms with Crippen LogP contribution in [0.1, 0.15) is 40.0 Å². The standard InChI is InChI=1S/C16H25N3O4S/c1-4-17(5-2)24(22,23)14-9-10-15(16(12-14)19(20)21)18-11-7-6-8-13(18)3/h9-10,12-13H,4-8,11H2,1-3H3/t13-/m0/s1. The molecule has 0 aromatic heterocycles. The summed E-state index contributed by atoms with van der Waals surface area (Å²) in [4.78, 5) is 13.0. The third kappa shape index (κ3) is 3.54. The number of nitrogens with zero attached hydrogens (tertiary/aromatic N) is 3. The zero-order valence-corrected chi connectivity index (χ0v) is 15.3. The van der Waals surface area contributed by atoms with E-state index in [4.69, 9.17) is 0 Å². The smallest absolute Gasteiger partial charge is 0.293 e. The van der Waals surface area contributed by atoms with Crippen molar-refractivity contribution in [3.8, 4) is 0 Å². The third-order valence-corrected chi connectivity index (χ3v) is 6.65. The van der Waals surface area contributed by atoms with Crippen LogP contribution in [0.15, 0.2) is 23.1 Å². The van der Waals surface area contributed by atoms with E-state index in [0.29, 0.717) is 18.8 Å². The van der Waals surface area contributed by atoms with Crippen LogP contribution in [0.2, 0.25) is 0 Å². The van der Waals surface area contributed by atoms with Gasteiger partial charge < -0.3 is 4.90 Å². The minimum Gasteiger partial charge on any atom is -0.363 e. The number of piperidine rings is 1. The summed E-state index contributed by atoms with van der Waals surface area (Å²) in [6.45, 7) is 6.96. The summed E-state index contributed by atoms with van der Waals surface area (Å²) in [7, 11) is -3.71. The molecule has 0 spiro atoms. The molecule has 1 saturated heterocycles. The number of hydrogen-bond acceptors (Lipinski definition) is 5. The fourth-order valence-electron chi connectivity index (χ4n) is 3.22. The van der Waals surface area contributed by atoms with Crippen LogP contribution in [0.3, 0.4) is 0 Å². The first-order valence-electron chi connectivity index (χ1n) is 8.38. The van der Waals surface area contributed by atoms with Crippen LogP contribution >= 0.6 is 0 Å². The molecule has 24 heavy (non-hydrogen) atoms. The lowest BCUT2D eigenvalue weighted by molar-refractivity contribution is -0.384. The Morgan fingerprint density at radius 2 is 1.96 bits per heavy atom. The van der Waals surface area contributed by atoms with Gasteiger partial charge in [-0.2, -0.15) is 4.31 Å². The fourth-order valence-corrected chi connectivity index (χ4v) is 4.70. The van der Waals surface area contributed by atoms with E-state index in [1.807, 2.05) is 11.8 Å². The summed E-state index contributed by atoms with van der Waals surface area (Å²) < 4.78 is 26.5. The summed E-state index contributed by atoms with van der Waals surface area (Å²) >= 11 is 0. The van der Waals surface area contributed by atoms with Gasteiger partial charge in [0.15, 0.2) is 0 Å². The first-order chi connectivity index (χ1) is 11.3. The van der Waals surface area contributed by atoms with Gasteiger partial charge in [0.2, 0.25) is 10.0 Å². The number of nitro groups is 1. The topological polar surface area (TPSA) is 83.8 Å². The largest absolute Gasteiger partial charge is 0.363 e. The van der Waals surface area contributed by atoms with Gasteiger partial charge in [0.25, 0.3) is 5.69 Å². The lowest BCUT2D eigenvalue weighted by Crippen LogP contribution is -2.37. The van der Waals surface area contributed by atoms with E-state index in [-0.39, 0.29) is 16.6 Å². The van der Waals surface area contributed by atoms with Gasteiger partial charge in [-0.25, -0.2) is 8.42 Å². The molecule has 0 N–H and O–H groups in total. The number of sulfonamides is 1. The maximum atomic E-state index is 12.6. The molecule has 0 bridgehead atoms. The van der Waals surface area contributed by atoms with Gasteiger partial charge in [0.05, 0.1) is 9.82 Å². The van der Waals surface area contributed by atoms with Crippen LogP contribution in [0.5, 0.6) is 0 Å². The monoisotopic (exact) mass is 355 g/mol. The highest BCUT2D eigenvalue weighted by atomic mass is 32.2. The maximum Gasteiger partial charge on any atom is 0.293 e. The second-order valence-corrected chi connectivity index (χ2v) is 7.97. The SMILES string of the molecule is CCN(CC)S(=O)(=O)c1ccc(N2CCCC[C@@H]2C)c([N+](=O)[O-])c1. The molecule has 0 amide bonds. The van der Waals surface area contributed by atoms with Gasteiger partial charge in [-0.15, -0.1) is 0 Å². The Kier molecular flexibility index (Phi) is 5.82. The van der Waals surface area contributed by atoms with Gasteiger partial charge in [-0.3, -0.25) is 10.1 Å². The molecule has 134 valence electrons. The molecule has 2 rings (SSSR count). The summed E-state index contributed by atoms with van der Waals surface area (Å²) in [5, 5.41) is 11.5. The average Bonchev–Trinajstić information content (AvgIpc) is 2.55. The maximum absolute atomic E-state index is 12.6. The number of rotatable bonds is 6. The molecule has 1 heterocycles. The van der Waals surface area contributed by atoms with Crippen molar-refractivity contribution in [2.45, 2.75) is 51.0 Å². The van der Waals surface area contributed by atoms with Crippen molar-refractivity contribution in [3.63, 3.8) is 0 Å². The average molecular weight is 355 g/mol. The molecule has 1 aliphatic heterocycles. The quantitative estimate of drug-likeness (QED) is 0.578. The predicted molar refractivity (Wildman–Crippen MR) is 93.9 cm³/mol. The summed E-state index contributed by atoms with van der Waals surface area (Å²) in [6.07, 6.45) is 3.08. The molecule has 0 saturated carbocycles. The van der Waals surface area contributed by atoms with Crippen molar-refractivity contribution in [2.75, 3.05) is 24.5 Å². The van der Waals surface area contributed by atoms with E-state index >= 15 is 0 Å². The number of hydrogen-bond donors (Lipinski definition) is 0. The van der Waals surface area contributed by atoms with Crippen LogP contribution in [0.25, 0.3) is 0 Å². The molecule has 7 nitrogen and oxygen atoms in total. The van der Waals surface area contributed by atoms with E-state index in [1.165, 1.54) is 16.4 Å². The Labute approximate surface area is 143 Å². The molecule has 0 radical (unpaired) electrons. The van der Waals surface area contributed by atoms with Crippen LogP contribution < -0.4 is 4.90 Å². The molecule has 1 fully saturated rings. The third-order valence-electron chi connectivity index (χ3n) is 4.60. The second-order valence-electron chi connectivity index (χ2n) is 6.04. The van der Waals surface area contributed by atoms with Gasteiger partial charge in [0.1, 0.15) is 5.69 Å². The summed E-state index contributed by atoms with van der Waals surface area (Å²) in [5.74, 6) is 0. The lowest BCUT2D eigenvalue weighted by Gasteiger charge is -2.35. The number of benzene rings is 1. The van der Waals surface area contributed by atoms with Crippen molar-refractivity contribution < 1.29 is 13.3 Å². The van der Waals surface area contributed by atoms with Crippen LogP contribution in [-0.4, -0.2) is 43.3 Å². The summed E-state index contributed by atoms with van der Waals surface area (Å²) in [5.41, 5.74) is 0.364. The van der Waals surface area contributed by atoms with Gasteiger partial charge in [-0.1, -0.05) is 13.8 Å². The van der Waals surface area contributed by atoms with E-state index in [2.05, 4.69) is 0 Å². The van der Waals surface area contributed by atoms with Gasteiger partial charge in [0, 0.05) is 31.7 Å². The van der Waals surface area contributed by atoms with Gasteiger partial charge >= 0.3 is 0 Å². The predicted octanol–water partition coefficient (Wildman–Crippen LogP) is 3.00.